The summed E-state index contributed by atoms with van der Waals surface area (Å²) in [6, 6.07) is 0. The van der Waals surface area contributed by atoms with Gasteiger partial charge in [0, 0.05) is 5.92 Å². The van der Waals surface area contributed by atoms with Crippen LogP contribution in [0.25, 0.3) is 0 Å². The maximum absolute atomic E-state index is 12.1. The highest BCUT2D eigenvalue weighted by molar-refractivity contribution is 5.88. The molecule has 2 saturated carbocycles. The monoisotopic (exact) mass is 253 g/mol. The summed E-state index contributed by atoms with van der Waals surface area (Å²) in [6.07, 6.45) is 5.27. The zero-order valence-corrected chi connectivity index (χ0v) is 11.2. The molecule has 0 aliphatic heterocycles. The summed E-state index contributed by atoms with van der Waals surface area (Å²) in [5, 5.41) is 12.3. The second kappa shape index (κ2) is 4.90. The Bertz CT molecular complexity index is 351. The van der Waals surface area contributed by atoms with Gasteiger partial charge in [-0.25, -0.2) is 4.79 Å². The molecule has 0 aromatic rings. The molecule has 2 rings (SSSR count). The molecule has 2 N–H and O–H groups in total. The van der Waals surface area contributed by atoms with E-state index in [1.807, 2.05) is 6.92 Å². The van der Waals surface area contributed by atoms with Gasteiger partial charge < -0.3 is 10.4 Å². The van der Waals surface area contributed by atoms with Crippen molar-refractivity contribution in [3.05, 3.63) is 0 Å². The number of rotatable bonds is 4. The Balaban J connectivity index is 2.05. The van der Waals surface area contributed by atoms with Crippen LogP contribution in [-0.4, -0.2) is 22.5 Å². The maximum atomic E-state index is 12.1. The van der Waals surface area contributed by atoms with Crippen LogP contribution in [0.3, 0.4) is 0 Å². The van der Waals surface area contributed by atoms with E-state index in [0.29, 0.717) is 24.7 Å². The van der Waals surface area contributed by atoms with Crippen molar-refractivity contribution in [2.75, 3.05) is 0 Å². The molecule has 1 amide bonds. The van der Waals surface area contributed by atoms with Crippen LogP contribution in [0.15, 0.2) is 0 Å². The average Bonchev–Trinajstić information content (AvgIpc) is 3.11. The smallest absolute Gasteiger partial charge is 0.329 e. The average molecular weight is 253 g/mol. The van der Waals surface area contributed by atoms with Crippen molar-refractivity contribution in [3.63, 3.8) is 0 Å². The van der Waals surface area contributed by atoms with E-state index in [0.717, 1.165) is 25.7 Å². The number of carbonyl (C=O) groups excluding carboxylic acids is 1. The molecule has 2 fully saturated rings. The molecule has 0 aromatic carbocycles. The Morgan fingerprint density at radius 3 is 2.50 bits per heavy atom. The van der Waals surface area contributed by atoms with Crippen molar-refractivity contribution >= 4 is 11.9 Å². The lowest BCUT2D eigenvalue weighted by Gasteiger charge is -2.37. The van der Waals surface area contributed by atoms with Crippen LogP contribution in [0.5, 0.6) is 0 Å². The third-order valence-electron chi connectivity index (χ3n) is 4.51. The zero-order chi connectivity index (χ0) is 13.3. The van der Waals surface area contributed by atoms with Crippen LogP contribution in [-0.2, 0) is 9.59 Å². The first-order valence-corrected chi connectivity index (χ1v) is 7.00. The van der Waals surface area contributed by atoms with Crippen molar-refractivity contribution in [2.45, 2.75) is 57.9 Å². The molecule has 0 radical (unpaired) electrons. The van der Waals surface area contributed by atoms with Crippen LogP contribution in [0.1, 0.15) is 52.4 Å². The molecular formula is C14H23NO3. The Hall–Kier alpha value is -1.06. The second-order valence-electron chi connectivity index (χ2n) is 6.20. The van der Waals surface area contributed by atoms with Gasteiger partial charge in [-0.05, 0) is 37.5 Å². The predicted molar refractivity (Wildman–Crippen MR) is 68.0 cm³/mol. The van der Waals surface area contributed by atoms with Gasteiger partial charge in [0.1, 0.15) is 5.54 Å². The third kappa shape index (κ3) is 2.68. The van der Waals surface area contributed by atoms with E-state index < -0.39 is 11.5 Å². The van der Waals surface area contributed by atoms with Gasteiger partial charge in [0.25, 0.3) is 0 Å². The lowest BCUT2D eigenvalue weighted by atomic mass is 9.76. The molecule has 0 saturated heterocycles. The molecule has 0 spiro atoms. The Labute approximate surface area is 108 Å². The molecule has 102 valence electrons. The molecule has 0 heterocycles. The summed E-state index contributed by atoms with van der Waals surface area (Å²) < 4.78 is 0. The lowest BCUT2D eigenvalue weighted by Crippen LogP contribution is -2.58. The molecule has 0 aromatic heterocycles. The number of carboxylic acid groups (broad SMARTS) is 1. The van der Waals surface area contributed by atoms with Crippen LogP contribution < -0.4 is 5.32 Å². The maximum Gasteiger partial charge on any atom is 0.329 e. The van der Waals surface area contributed by atoms with Crippen LogP contribution in [0.4, 0.5) is 0 Å². The molecule has 18 heavy (non-hydrogen) atoms. The third-order valence-corrected chi connectivity index (χ3v) is 4.51. The predicted octanol–water partition coefficient (Wildman–Crippen LogP) is 2.18. The van der Waals surface area contributed by atoms with Crippen LogP contribution in [0, 0.1) is 17.8 Å². The summed E-state index contributed by atoms with van der Waals surface area (Å²) in [6.45, 7) is 3.97. The molecule has 3 unspecified atom stereocenters. The number of aliphatic carboxylic acids is 1. The molecule has 2 aliphatic rings. The van der Waals surface area contributed by atoms with Crippen molar-refractivity contribution < 1.29 is 14.7 Å². The second-order valence-corrected chi connectivity index (χ2v) is 6.20. The van der Waals surface area contributed by atoms with Crippen molar-refractivity contribution in [1.82, 2.24) is 5.32 Å². The highest BCUT2D eigenvalue weighted by Crippen LogP contribution is 2.38. The van der Waals surface area contributed by atoms with Crippen molar-refractivity contribution in [1.29, 1.82) is 0 Å². The van der Waals surface area contributed by atoms with Crippen molar-refractivity contribution in [3.8, 4) is 0 Å². The summed E-state index contributed by atoms with van der Waals surface area (Å²) in [5.74, 6) is -0.152. The van der Waals surface area contributed by atoms with Crippen LogP contribution in [0.2, 0.25) is 0 Å². The molecule has 0 bridgehead atoms. The quantitative estimate of drug-likeness (QED) is 0.807. The summed E-state index contributed by atoms with van der Waals surface area (Å²) in [5.41, 5.74) is -1.02. The standard InChI is InChI=1S/C14H23NO3/c1-9-4-3-7-14(8-9,13(17)18)15-12(16)10(2)11-5-6-11/h9-11H,3-8H2,1-2H3,(H,15,16)(H,17,18). The highest BCUT2D eigenvalue weighted by atomic mass is 16.4. The van der Waals surface area contributed by atoms with Gasteiger partial charge in [-0.15, -0.1) is 0 Å². The van der Waals surface area contributed by atoms with E-state index in [2.05, 4.69) is 12.2 Å². The zero-order valence-electron chi connectivity index (χ0n) is 11.2. The molecule has 4 heteroatoms. The summed E-state index contributed by atoms with van der Waals surface area (Å²) in [7, 11) is 0. The topological polar surface area (TPSA) is 66.4 Å². The lowest BCUT2D eigenvalue weighted by molar-refractivity contribution is -0.150. The number of hydrogen-bond donors (Lipinski definition) is 2. The van der Waals surface area contributed by atoms with E-state index in [9.17, 15) is 14.7 Å². The van der Waals surface area contributed by atoms with Gasteiger partial charge in [0.2, 0.25) is 5.91 Å². The van der Waals surface area contributed by atoms with Crippen LogP contribution >= 0.6 is 0 Å². The summed E-state index contributed by atoms with van der Waals surface area (Å²) in [4.78, 5) is 23.7. The number of carbonyl (C=O) groups is 2. The van der Waals surface area contributed by atoms with E-state index in [1.54, 1.807) is 0 Å². The van der Waals surface area contributed by atoms with Gasteiger partial charge in [-0.3, -0.25) is 4.79 Å². The first-order chi connectivity index (χ1) is 8.44. The van der Waals surface area contributed by atoms with Gasteiger partial charge in [0.05, 0.1) is 0 Å². The van der Waals surface area contributed by atoms with E-state index in [1.165, 1.54) is 0 Å². The highest BCUT2D eigenvalue weighted by Gasteiger charge is 2.45. The molecule has 4 nitrogen and oxygen atoms in total. The Morgan fingerprint density at radius 2 is 2.00 bits per heavy atom. The molecular weight excluding hydrogens is 230 g/mol. The first-order valence-electron chi connectivity index (χ1n) is 7.00. The van der Waals surface area contributed by atoms with E-state index in [-0.39, 0.29) is 11.8 Å². The fourth-order valence-corrected chi connectivity index (χ4v) is 3.07. The first kappa shape index (κ1) is 13.4. The van der Waals surface area contributed by atoms with Crippen molar-refractivity contribution in [2.24, 2.45) is 17.8 Å². The normalized spacial score (nSPS) is 33.8. The fourth-order valence-electron chi connectivity index (χ4n) is 3.07. The van der Waals surface area contributed by atoms with Gasteiger partial charge in [-0.1, -0.05) is 26.7 Å². The van der Waals surface area contributed by atoms with Gasteiger partial charge >= 0.3 is 5.97 Å². The molecule has 2 aliphatic carbocycles. The Morgan fingerprint density at radius 1 is 1.33 bits per heavy atom. The largest absolute Gasteiger partial charge is 0.480 e. The molecule has 3 atom stereocenters. The number of hydrogen-bond acceptors (Lipinski definition) is 2. The Kier molecular flexibility index (Phi) is 3.64. The number of amides is 1. The minimum Gasteiger partial charge on any atom is -0.480 e. The van der Waals surface area contributed by atoms with E-state index >= 15 is 0 Å². The SMILES string of the molecule is CC1CCCC(NC(=O)C(C)C2CC2)(C(=O)O)C1. The fraction of sp³-hybridized carbons (Fsp3) is 0.857. The van der Waals surface area contributed by atoms with Gasteiger partial charge in [-0.2, -0.15) is 0 Å². The summed E-state index contributed by atoms with van der Waals surface area (Å²) >= 11 is 0. The number of carboxylic acids is 1. The minimum absolute atomic E-state index is 0.0431. The van der Waals surface area contributed by atoms with E-state index in [4.69, 9.17) is 0 Å². The minimum atomic E-state index is -1.02. The van der Waals surface area contributed by atoms with Gasteiger partial charge in [0.15, 0.2) is 0 Å². The number of nitrogens with one attached hydrogen (secondary N) is 1.